The number of hydrogen-bond donors (Lipinski definition) is 1. The molecule has 0 aliphatic carbocycles. The molecule has 2 aliphatic heterocycles. The van der Waals surface area contributed by atoms with Crippen molar-refractivity contribution in [1.29, 1.82) is 0 Å². The highest BCUT2D eigenvalue weighted by Crippen LogP contribution is 2.40. The Hall–Kier alpha value is -0.910. The summed E-state index contributed by atoms with van der Waals surface area (Å²) in [6.45, 7) is 0.704. The van der Waals surface area contributed by atoms with Crippen molar-refractivity contribution < 1.29 is 19.4 Å². The van der Waals surface area contributed by atoms with E-state index in [1.807, 2.05) is 11.8 Å². The zero-order chi connectivity index (χ0) is 14.9. The van der Waals surface area contributed by atoms with Crippen LogP contribution in [0.25, 0.3) is 0 Å². The van der Waals surface area contributed by atoms with Gasteiger partial charge < -0.3 is 14.6 Å². The van der Waals surface area contributed by atoms with E-state index in [1.165, 1.54) is 12.1 Å². The van der Waals surface area contributed by atoms with E-state index in [-0.39, 0.29) is 17.3 Å². The monoisotopic (exact) mass is 328 g/mol. The molecule has 3 rings (SSSR count). The fourth-order valence-corrected chi connectivity index (χ4v) is 4.46. The highest BCUT2D eigenvalue weighted by molar-refractivity contribution is 7.99. The summed E-state index contributed by atoms with van der Waals surface area (Å²) < 4.78 is 12.0. The summed E-state index contributed by atoms with van der Waals surface area (Å²) >= 11 is 8.04. The minimum absolute atomic E-state index is 0.0406. The third kappa shape index (κ3) is 3.30. The lowest BCUT2D eigenvalue weighted by Gasteiger charge is -2.37. The van der Waals surface area contributed by atoms with Crippen LogP contribution in [0.1, 0.15) is 29.6 Å². The predicted molar refractivity (Wildman–Crippen MR) is 82.7 cm³/mol. The van der Waals surface area contributed by atoms with Gasteiger partial charge in [-0.05, 0) is 30.4 Å². The zero-order valence-electron chi connectivity index (χ0n) is 11.5. The van der Waals surface area contributed by atoms with Gasteiger partial charge in [0.25, 0.3) is 0 Å². The Morgan fingerprint density at radius 2 is 2.38 bits per heavy atom. The van der Waals surface area contributed by atoms with Crippen molar-refractivity contribution in [3.8, 4) is 5.75 Å². The van der Waals surface area contributed by atoms with Gasteiger partial charge in [0.1, 0.15) is 11.9 Å². The Labute approximate surface area is 132 Å². The molecule has 2 fully saturated rings. The maximum atomic E-state index is 10.9. The van der Waals surface area contributed by atoms with Crippen LogP contribution in [0.4, 0.5) is 0 Å². The van der Waals surface area contributed by atoms with Gasteiger partial charge in [-0.3, -0.25) is 0 Å². The first-order chi connectivity index (χ1) is 10.1. The zero-order valence-corrected chi connectivity index (χ0v) is 13.1. The second-order valence-electron chi connectivity index (χ2n) is 5.52. The second kappa shape index (κ2) is 6.07. The van der Waals surface area contributed by atoms with Crippen molar-refractivity contribution in [2.45, 2.75) is 31.0 Å². The Balaban J connectivity index is 1.70. The van der Waals surface area contributed by atoms with Crippen LogP contribution in [0.15, 0.2) is 18.2 Å². The van der Waals surface area contributed by atoms with Crippen molar-refractivity contribution >= 4 is 29.3 Å². The molecule has 21 heavy (non-hydrogen) atoms. The molecule has 0 aromatic heterocycles. The minimum atomic E-state index is -0.989. The molecule has 2 unspecified atom stereocenters. The lowest BCUT2D eigenvalue weighted by Crippen LogP contribution is -2.43. The molecule has 6 heteroatoms. The number of hydrogen-bond acceptors (Lipinski definition) is 4. The van der Waals surface area contributed by atoms with Gasteiger partial charge in [-0.2, -0.15) is 11.8 Å². The quantitative estimate of drug-likeness (QED) is 0.920. The van der Waals surface area contributed by atoms with Gasteiger partial charge in [0, 0.05) is 18.6 Å². The second-order valence-corrected chi connectivity index (χ2v) is 7.03. The van der Waals surface area contributed by atoms with E-state index in [9.17, 15) is 4.79 Å². The molecule has 2 heterocycles. The van der Waals surface area contributed by atoms with Crippen molar-refractivity contribution in [2.75, 3.05) is 18.1 Å². The summed E-state index contributed by atoms with van der Waals surface area (Å²) in [5.41, 5.74) is 0.129. The third-order valence-electron chi connectivity index (χ3n) is 3.99. The molecule has 0 radical (unpaired) electrons. The van der Waals surface area contributed by atoms with Crippen LogP contribution in [0.5, 0.6) is 5.75 Å². The molecular formula is C15H17ClO4S. The number of aromatic carboxylic acids is 1. The first-order valence-corrected chi connectivity index (χ1v) is 8.52. The largest absolute Gasteiger partial charge is 0.489 e. The van der Waals surface area contributed by atoms with Gasteiger partial charge in [-0.25, -0.2) is 4.79 Å². The number of ether oxygens (including phenoxy) is 2. The molecule has 1 aromatic rings. The SMILES string of the molecule is O=C(O)c1ccc(OC2CCOC3(CCSC3)C2)c(Cl)c1. The Kier molecular flexibility index (Phi) is 4.33. The smallest absolute Gasteiger partial charge is 0.335 e. The summed E-state index contributed by atoms with van der Waals surface area (Å²) in [4.78, 5) is 10.9. The minimum Gasteiger partial charge on any atom is -0.489 e. The number of carbonyl (C=O) groups is 1. The van der Waals surface area contributed by atoms with Crippen LogP contribution in [-0.4, -0.2) is 40.9 Å². The van der Waals surface area contributed by atoms with Gasteiger partial charge in [-0.1, -0.05) is 11.6 Å². The summed E-state index contributed by atoms with van der Waals surface area (Å²) in [5.74, 6) is 1.73. The van der Waals surface area contributed by atoms with Crippen LogP contribution < -0.4 is 4.74 Å². The lowest BCUT2D eigenvalue weighted by molar-refractivity contribution is -0.0958. The van der Waals surface area contributed by atoms with E-state index in [1.54, 1.807) is 6.07 Å². The molecule has 2 atom stereocenters. The normalized spacial score (nSPS) is 28.7. The molecule has 0 bridgehead atoms. The van der Waals surface area contributed by atoms with Gasteiger partial charge in [-0.15, -0.1) is 0 Å². The molecule has 2 aliphatic rings. The van der Waals surface area contributed by atoms with Crippen molar-refractivity contribution in [1.82, 2.24) is 0 Å². The molecule has 0 amide bonds. The van der Waals surface area contributed by atoms with Crippen molar-refractivity contribution in [2.24, 2.45) is 0 Å². The Morgan fingerprint density at radius 1 is 1.52 bits per heavy atom. The lowest BCUT2D eigenvalue weighted by atomic mass is 9.91. The van der Waals surface area contributed by atoms with Crippen LogP contribution in [0.3, 0.4) is 0 Å². The van der Waals surface area contributed by atoms with Crippen LogP contribution >= 0.6 is 23.4 Å². The molecule has 4 nitrogen and oxygen atoms in total. The standard InChI is InChI=1S/C15H17ClO4S/c16-12-7-10(14(17)18)1-2-13(12)20-11-3-5-19-15(8-11)4-6-21-9-15/h1-2,7,11H,3-6,8-9H2,(H,17,18). The number of benzene rings is 1. The van der Waals surface area contributed by atoms with E-state index < -0.39 is 5.97 Å². The van der Waals surface area contributed by atoms with Crippen LogP contribution in [0.2, 0.25) is 5.02 Å². The highest BCUT2D eigenvalue weighted by Gasteiger charge is 2.41. The molecule has 1 N–H and O–H groups in total. The first kappa shape index (κ1) is 15.0. The average molecular weight is 329 g/mol. The van der Waals surface area contributed by atoms with Gasteiger partial charge >= 0.3 is 5.97 Å². The van der Waals surface area contributed by atoms with Gasteiger partial charge in [0.15, 0.2) is 0 Å². The molecule has 0 saturated carbocycles. The highest BCUT2D eigenvalue weighted by atomic mass is 35.5. The Bertz CT molecular complexity index is 542. The van der Waals surface area contributed by atoms with E-state index in [2.05, 4.69) is 0 Å². The van der Waals surface area contributed by atoms with E-state index in [4.69, 9.17) is 26.2 Å². The van der Waals surface area contributed by atoms with Crippen molar-refractivity contribution in [3.05, 3.63) is 28.8 Å². The molecule has 2 saturated heterocycles. The fraction of sp³-hybridized carbons (Fsp3) is 0.533. The maximum absolute atomic E-state index is 10.9. The van der Waals surface area contributed by atoms with Crippen LogP contribution in [0, 0.1) is 0 Å². The number of carboxylic acids is 1. The molecule has 1 aromatic carbocycles. The molecule has 1 spiro atoms. The number of halogens is 1. The van der Waals surface area contributed by atoms with Gasteiger partial charge in [0.2, 0.25) is 0 Å². The van der Waals surface area contributed by atoms with E-state index in [0.29, 0.717) is 17.4 Å². The van der Waals surface area contributed by atoms with Crippen LogP contribution in [-0.2, 0) is 4.74 Å². The average Bonchev–Trinajstić information content (AvgIpc) is 2.89. The fourth-order valence-electron chi connectivity index (χ4n) is 2.86. The van der Waals surface area contributed by atoms with E-state index in [0.717, 1.165) is 30.8 Å². The Morgan fingerprint density at radius 3 is 3.05 bits per heavy atom. The van der Waals surface area contributed by atoms with Crippen molar-refractivity contribution in [3.63, 3.8) is 0 Å². The molecular weight excluding hydrogens is 312 g/mol. The summed E-state index contributed by atoms with van der Waals surface area (Å²) in [5, 5.41) is 9.29. The van der Waals surface area contributed by atoms with Gasteiger partial charge in [0.05, 0.1) is 22.8 Å². The first-order valence-electron chi connectivity index (χ1n) is 6.99. The molecule has 114 valence electrons. The maximum Gasteiger partial charge on any atom is 0.335 e. The van der Waals surface area contributed by atoms with E-state index >= 15 is 0 Å². The number of rotatable bonds is 3. The number of carboxylic acid groups (broad SMARTS) is 1. The topological polar surface area (TPSA) is 55.8 Å². The summed E-state index contributed by atoms with van der Waals surface area (Å²) in [7, 11) is 0. The number of thioether (sulfide) groups is 1. The summed E-state index contributed by atoms with van der Waals surface area (Å²) in [6, 6.07) is 4.58. The third-order valence-corrected chi connectivity index (χ3v) is 5.51. The predicted octanol–water partition coefficient (Wildman–Crippen LogP) is 3.47. The summed E-state index contributed by atoms with van der Waals surface area (Å²) in [6.07, 6.45) is 2.86.